The molecule has 0 bridgehead atoms. The fraction of sp³-hybridized carbons (Fsp3) is 0.250. The van der Waals surface area contributed by atoms with Gasteiger partial charge in [-0.3, -0.25) is 0 Å². The molecule has 0 heterocycles. The molecule has 0 spiro atoms. The summed E-state index contributed by atoms with van der Waals surface area (Å²) >= 11 is 6.89. The maximum Gasteiger partial charge on any atom is 0.0294 e. The smallest absolute Gasteiger partial charge is 0.0294 e. The Morgan fingerprint density at radius 1 is 1.27 bits per heavy atom. The van der Waals surface area contributed by atoms with Gasteiger partial charge in [0.05, 0.1) is 0 Å². The van der Waals surface area contributed by atoms with Gasteiger partial charge < -0.3 is 5.73 Å². The van der Waals surface area contributed by atoms with Gasteiger partial charge in [0.1, 0.15) is 0 Å². The molecular formula is C8H9Br2N. The van der Waals surface area contributed by atoms with E-state index < -0.39 is 0 Å². The minimum atomic E-state index is 0.585. The Kier molecular flexibility index (Phi) is 3.55. The minimum Gasteiger partial charge on any atom is -0.326 e. The van der Waals surface area contributed by atoms with Gasteiger partial charge in [-0.15, -0.1) is 0 Å². The van der Waals surface area contributed by atoms with E-state index in [0.29, 0.717) is 6.54 Å². The van der Waals surface area contributed by atoms with Gasteiger partial charge in [0, 0.05) is 16.3 Å². The molecule has 0 aliphatic heterocycles. The highest BCUT2D eigenvalue weighted by Gasteiger charge is 2.01. The summed E-state index contributed by atoms with van der Waals surface area (Å²) in [5, 5.41) is 0.863. The lowest BCUT2D eigenvalue weighted by Gasteiger charge is -2.04. The molecule has 2 N–H and O–H groups in total. The molecule has 0 saturated heterocycles. The summed E-state index contributed by atoms with van der Waals surface area (Å²) < 4.78 is 1.12. The first-order chi connectivity index (χ1) is 5.29. The second kappa shape index (κ2) is 4.24. The summed E-state index contributed by atoms with van der Waals surface area (Å²) in [5.74, 6) is 0. The van der Waals surface area contributed by atoms with Crippen molar-refractivity contribution in [1.82, 2.24) is 0 Å². The van der Waals surface area contributed by atoms with Crippen LogP contribution in [0.15, 0.2) is 22.7 Å². The van der Waals surface area contributed by atoms with Crippen LogP contribution in [0, 0.1) is 0 Å². The third-order valence-electron chi connectivity index (χ3n) is 1.52. The van der Waals surface area contributed by atoms with Crippen LogP contribution >= 0.6 is 31.9 Å². The van der Waals surface area contributed by atoms with Gasteiger partial charge in [0.2, 0.25) is 0 Å². The van der Waals surface area contributed by atoms with Crippen LogP contribution in [0.2, 0.25) is 0 Å². The summed E-state index contributed by atoms with van der Waals surface area (Å²) in [7, 11) is 0. The normalized spacial score (nSPS) is 10.1. The zero-order valence-corrected chi connectivity index (χ0v) is 9.15. The van der Waals surface area contributed by atoms with Crippen molar-refractivity contribution in [2.24, 2.45) is 5.73 Å². The van der Waals surface area contributed by atoms with Crippen LogP contribution in [-0.2, 0) is 11.9 Å². The van der Waals surface area contributed by atoms with E-state index in [1.54, 1.807) is 0 Å². The van der Waals surface area contributed by atoms with Gasteiger partial charge in [0.25, 0.3) is 0 Å². The van der Waals surface area contributed by atoms with E-state index in [9.17, 15) is 0 Å². The summed E-state index contributed by atoms with van der Waals surface area (Å²) in [5.41, 5.74) is 7.93. The van der Waals surface area contributed by atoms with E-state index in [0.717, 1.165) is 15.4 Å². The molecule has 0 aliphatic carbocycles. The van der Waals surface area contributed by atoms with E-state index in [1.807, 2.05) is 12.1 Å². The number of hydrogen-bond acceptors (Lipinski definition) is 1. The maximum atomic E-state index is 5.53. The topological polar surface area (TPSA) is 26.0 Å². The number of alkyl halides is 1. The SMILES string of the molecule is NCc1cccc(CBr)c1Br. The average molecular weight is 279 g/mol. The summed E-state index contributed by atoms with van der Waals surface area (Å²) in [4.78, 5) is 0. The summed E-state index contributed by atoms with van der Waals surface area (Å²) in [6, 6.07) is 6.11. The molecular weight excluding hydrogens is 270 g/mol. The number of hydrogen-bond donors (Lipinski definition) is 1. The zero-order chi connectivity index (χ0) is 8.27. The van der Waals surface area contributed by atoms with E-state index in [2.05, 4.69) is 37.9 Å². The van der Waals surface area contributed by atoms with Crippen molar-refractivity contribution in [2.45, 2.75) is 11.9 Å². The molecule has 1 aromatic rings. The maximum absolute atomic E-state index is 5.53. The molecule has 0 radical (unpaired) electrons. The van der Waals surface area contributed by atoms with Crippen LogP contribution in [0.5, 0.6) is 0 Å². The molecule has 60 valence electrons. The molecule has 0 fully saturated rings. The second-order valence-corrected chi connectivity index (χ2v) is 3.58. The van der Waals surface area contributed by atoms with Crippen LogP contribution in [0.4, 0.5) is 0 Å². The van der Waals surface area contributed by atoms with Crippen molar-refractivity contribution >= 4 is 31.9 Å². The van der Waals surface area contributed by atoms with Gasteiger partial charge in [-0.2, -0.15) is 0 Å². The van der Waals surface area contributed by atoms with Crippen molar-refractivity contribution in [3.63, 3.8) is 0 Å². The molecule has 11 heavy (non-hydrogen) atoms. The molecule has 1 nitrogen and oxygen atoms in total. The Hall–Kier alpha value is 0.140. The lowest BCUT2D eigenvalue weighted by molar-refractivity contribution is 1.05. The van der Waals surface area contributed by atoms with Crippen molar-refractivity contribution in [1.29, 1.82) is 0 Å². The summed E-state index contributed by atoms with van der Waals surface area (Å²) in [6.07, 6.45) is 0. The highest BCUT2D eigenvalue weighted by Crippen LogP contribution is 2.23. The molecule has 0 amide bonds. The first-order valence-corrected chi connectivity index (χ1v) is 5.23. The van der Waals surface area contributed by atoms with E-state index in [-0.39, 0.29) is 0 Å². The Labute approximate surface area is 83.2 Å². The predicted octanol–water partition coefficient (Wildman–Crippen LogP) is 2.80. The van der Waals surface area contributed by atoms with Crippen LogP contribution in [0.1, 0.15) is 11.1 Å². The number of rotatable bonds is 2. The molecule has 3 heteroatoms. The standard InChI is InChI=1S/C8H9Br2N/c9-4-6-2-1-3-7(5-11)8(6)10/h1-3H,4-5,11H2. The Morgan fingerprint density at radius 2 is 1.91 bits per heavy atom. The third-order valence-corrected chi connectivity index (χ3v) is 3.15. The van der Waals surface area contributed by atoms with Crippen LogP contribution < -0.4 is 5.73 Å². The number of halogens is 2. The van der Waals surface area contributed by atoms with Crippen molar-refractivity contribution in [2.75, 3.05) is 0 Å². The molecule has 0 aromatic heterocycles. The number of nitrogens with two attached hydrogens (primary N) is 1. The van der Waals surface area contributed by atoms with Gasteiger partial charge in [-0.25, -0.2) is 0 Å². The second-order valence-electron chi connectivity index (χ2n) is 2.23. The van der Waals surface area contributed by atoms with E-state index >= 15 is 0 Å². The first kappa shape index (κ1) is 9.23. The van der Waals surface area contributed by atoms with Crippen LogP contribution in [-0.4, -0.2) is 0 Å². The summed E-state index contributed by atoms with van der Waals surface area (Å²) in [6.45, 7) is 0.585. The Balaban J connectivity index is 3.10. The lowest BCUT2D eigenvalue weighted by Crippen LogP contribution is -1.98. The van der Waals surface area contributed by atoms with Crippen molar-refractivity contribution in [3.8, 4) is 0 Å². The van der Waals surface area contributed by atoms with Gasteiger partial charge in [-0.1, -0.05) is 50.1 Å². The Bertz CT molecular complexity index is 226. The molecule has 0 unspecified atom stereocenters. The highest BCUT2D eigenvalue weighted by atomic mass is 79.9. The Morgan fingerprint density at radius 3 is 2.45 bits per heavy atom. The van der Waals surface area contributed by atoms with Crippen LogP contribution in [0.3, 0.4) is 0 Å². The van der Waals surface area contributed by atoms with Gasteiger partial charge in [0.15, 0.2) is 0 Å². The lowest BCUT2D eigenvalue weighted by atomic mass is 10.1. The molecule has 0 atom stereocenters. The number of benzene rings is 1. The van der Waals surface area contributed by atoms with Crippen molar-refractivity contribution < 1.29 is 0 Å². The average Bonchev–Trinajstić information content (AvgIpc) is 2.05. The fourth-order valence-corrected chi connectivity index (χ4v) is 2.30. The largest absolute Gasteiger partial charge is 0.326 e. The first-order valence-electron chi connectivity index (χ1n) is 3.32. The third kappa shape index (κ3) is 2.04. The quantitative estimate of drug-likeness (QED) is 0.828. The van der Waals surface area contributed by atoms with Crippen LogP contribution in [0.25, 0.3) is 0 Å². The van der Waals surface area contributed by atoms with E-state index in [1.165, 1.54) is 5.56 Å². The predicted molar refractivity (Wildman–Crippen MR) is 54.7 cm³/mol. The molecule has 0 aliphatic rings. The molecule has 1 rings (SSSR count). The van der Waals surface area contributed by atoms with Crippen molar-refractivity contribution in [3.05, 3.63) is 33.8 Å². The zero-order valence-electron chi connectivity index (χ0n) is 5.98. The van der Waals surface area contributed by atoms with Gasteiger partial charge in [-0.05, 0) is 11.1 Å². The van der Waals surface area contributed by atoms with E-state index in [4.69, 9.17) is 5.73 Å². The van der Waals surface area contributed by atoms with Gasteiger partial charge >= 0.3 is 0 Å². The highest BCUT2D eigenvalue weighted by molar-refractivity contribution is 9.10. The molecule has 1 aromatic carbocycles. The monoisotopic (exact) mass is 277 g/mol. The fourth-order valence-electron chi connectivity index (χ4n) is 0.894. The molecule has 0 saturated carbocycles. The minimum absolute atomic E-state index is 0.585.